The molecule has 0 saturated heterocycles. The van der Waals surface area contributed by atoms with Crippen LogP contribution in [0.2, 0.25) is 0 Å². The number of nitrogens with zero attached hydrogens (tertiary/aromatic N) is 2. The van der Waals surface area contributed by atoms with E-state index in [1.807, 2.05) is 6.07 Å². The van der Waals surface area contributed by atoms with Crippen molar-refractivity contribution in [3.8, 4) is 11.8 Å². The highest BCUT2D eigenvalue weighted by Crippen LogP contribution is 2.26. The van der Waals surface area contributed by atoms with E-state index in [1.165, 1.54) is 36.4 Å². The maximum atomic E-state index is 12.1. The summed E-state index contributed by atoms with van der Waals surface area (Å²) < 4.78 is 29.1. The van der Waals surface area contributed by atoms with Gasteiger partial charge in [0.1, 0.15) is 5.75 Å². The van der Waals surface area contributed by atoms with E-state index in [2.05, 4.69) is 0 Å². The van der Waals surface area contributed by atoms with Gasteiger partial charge in [-0.2, -0.15) is 13.7 Å². The van der Waals surface area contributed by atoms with Crippen molar-refractivity contribution in [2.24, 2.45) is 0 Å². The molecule has 0 aromatic heterocycles. The third kappa shape index (κ3) is 3.16. The van der Waals surface area contributed by atoms with Gasteiger partial charge in [-0.1, -0.05) is 18.2 Å². The van der Waals surface area contributed by atoms with Gasteiger partial charge in [-0.05, 0) is 24.3 Å². The average Bonchev–Trinajstić information content (AvgIpc) is 2.47. The van der Waals surface area contributed by atoms with Gasteiger partial charge in [0.15, 0.2) is 4.90 Å². The zero-order valence-electron chi connectivity index (χ0n) is 10.5. The second-order valence-corrected chi connectivity index (χ2v) is 5.42. The van der Waals surface area contributed by atoms with Crippen LogP contribution in [0.3, 0.4) is 0 Å². The molecule has 0 amide bonds. The molecule has 0 spiro atoms. The average molecular weight is 304 g/mol. The summed E-state index contributed by atoms with van der Waals surface area (Å²) >= 11 is 0. The Labute approximate surface area is 120 Å². The Kier molecular flexibility index (Phi) is 3.86. The van der Waals surface area contributed by atoms with E-state index in [4.69, 9.17) is 9.44 Å². The van der Waals surface area contributed by atoms with Gasteiger partial charge in [0, 0.05) is 6.07 Å². The lowest BCUT2D eigenvalue weighted by molar-refractivity contribution is -0.387. The fourth-order valence-corrected chi connectivity index (χ4v) is 2.70. The van der Waals surface area contributed by atoms with Crippen LogP contribution >= 0.6 is 0 Å². The van der Waals surface area contributed by atoms with Crippen LogP contribution in [0.4, 0.5) is 5.69 Å². The van der Waals surface area contributed by atoms with E-state index in [9.17, 15) is 18.5 Å². The summed E-state index contributed by atoms with van der Waals surface area (Å²) in [5.74, 6) is -0.0906. The number of hydrogen-bond donors (Lipinski definition) is 0. The molecular formula is C13H8N2O5S. The Hall–Kier alpha value is -2.92. The number of nitro benzene ring substituents is 1. The lowest BCUT2D eigenvalue weighted by Crippen LogP contribution is -2.12. The first-order valence-corrected chi connectivity index (χ1v) is 7.03. The minimum absolute atomic E-state index is 0.0906. The first-order chi connectivity index (χ1) is 9.94. The molecule has 106 valence electrons. The second-order valence-electron chi connectivity index (χ2n) is 3.90. The van der Waals surface area contributed by atoms with Crippen LogP contribution in [-0.4, -0.2) is 13.3 Å². The van der Waals surface area contributed by atoms with Gasteiger partial charge in [-0.3, -0.25) is 10.1 Å². The van der Waals surface area contributed by atoms with Crippen molar-refractivity contribution in [3.63, 3.8) is 0 Å². The molecule has 21 heavy (non-hydrogen) atoms. The third-order valence-corrected chi connectivity index (χ3v) is 3.80. The monoisotopic (exact) mass is 304 g/mol. The Balaban J connectivity index is 2.44. The van der Waals surface area contributed by atoms with Crippen molar-refractivity contribution in [3.05, 3.63) is 64.2 Å². The van der Waals surface area contributed by atoms with Crippen molar-refractivity contribution >= 4 is 15.8 Å². The fourth-order valence-electron chi connectivity index (χ4n) is 1.61. The molecule has 0 saturated carbocycles. The van der Waals surface area contributed by atoms with Gasteiger partial charge < -0.3 is 4.18 Å². The standard InChI is InChI=1S/C13H8N2O5S/c14-9-10-4-3-5-11(8-10)20-21(18,19)13-7-2-1-6-12(13)15(16)17/h1-8H. The summed E-state index contributed by atoms with van der Waals surface area (Å²) in [6.07, 6.45) is 0. The first kappa shape index (κ1) is 14.5. The van der Waals surface area contributed by atoms with Gasteiger partial charge in [0.25, 0.3) is 5.69 Å². The highest BCUT2D eigenvalue weighted by molar-refractivity contribution is 7.87. The Morgan fingerprint density at radius 3 is 2.52 bits per heavy atom. The van der Waals surface area contributed by atoms with Crippen molar-refractivity contribution < 1.29 is 17.5 Å². The number of nitro groups is 1. The van der Waals surface area contributed by atoms with Gasteiger partial charge in [-0.25, -0.2) is 0 Å². The summed E-state index contributed by atoms with van der Waals surface area (Å²) in [6, 6.07) is 12.2. The van der Waals surface area contributed by atoms with E-state index in [-0.39, 0.29) is 11.3 Å². The van der Waals surface area contributed by atoms with Crippen LogP contribution in [-0.2, 0) is 10.1 Å². The largest absolute Gasteiger partial charge is 0.379 e. The third-order valence-electron chi connectivity index (χ3n) is 2.50. The minimum Gasteiger partial charge on any atom is -0.379 e. The van der Waals surface area contributed by atoms with Crippen LogP contribution in [0.1, 0.15) is 5.56 Å². The molecule has 8 heteroatoms. The summed E-state index contributed by atoms with van der Waals surface area (Å²) in [6.45, 7) is 0. The molecule has 0 unspecified atom stereocenters. The summed E-state index contributed by atoms with van der Waals surface area (Å²) in [7, 11) is -4.37. The molecular weight excluding hydrogens is 296 g/mol. The lowest BCUT2D eigenvalue weighted by Gasteiger charge is -2.07. The van der Waals surface area contributed by atoms with Crippen LogP contribution < -0.4 is 4.18 Å². The normalized spacial score (nSPS) is 10.6. The van der Waals surface area contributed by atoms with E-state index in [0.29, 0.717) is 0 Å². The molecule has 0 bridgehead atoms. The molecule has 0 aliphatic heterocycles. The molecule has 2 aromatic carbocycles. The van der Waals surface area contributed by atoms with Crippen molar-refractivity contribution in [2.75, 3.05) is 0 Å². The van der Waals surface area contributed by atoms with Crippen LogP contribution in [0.5, 0.6) is 5.75 Å². The van der Waals surface area contributed by atoms with Crippen LogP contribution in [0.25, 0.3) is 0 Å². The molecule has 7 nitrogen and oxygen atoms in total. The number of rotatable bonds is 4. The van der Waals surface area contributed by atoms with Crippen molar-refractivity contribution in [2.45, 2.75) is 4.90 Å². The number of para-hydroxylation sites is 1. The molecule has 0 fully saturated rings. The zero-order chi connectivity index (χ0) is 15.5. The summed E-state index contributed by atoms with van der Waals surface area (Å²) in [5, 5.41) is 19.6. The van der Waals surface area contributed by atoms with Crippen LogP contribution in [0, 0.1) is 21.4 Å². The molecule has 2 rings (SSSR count). The zero-order valence-corrected chi connectivity index (χ0v) is 11.3. The fraction of sp³-hybridized carbons (Fsp3) is 0. The molecule has 0 aliphatic rings. The minimum atomic E-state index is -4.37. The lowest BCUT2D eigenvalue weighted by atomic mass is 10.2. The molecule has 0 atom stereocenters. The summed E-state index contributed by atoms with van der Waals surface area (Å²) in [5.41, 5.74) is -0.362. The second kappa shape index (κ2) is 5.60. The molecule has 2 aromatic rings. The van der Waals surface area contributed by atoms with E-state index >= 15 is 0 Å². The van der Waals surface area contributed by atoms with Crippen LogP contribution in [0.15, 0.2) is 53.4 Å². The Bertz CT molecular complexity index is 840. The molecule has 0 N–H and O–H groups in total. The Morgan fingerprint density at radius 1 is 1.14 bits per heavy atom. The highest BCUT2D eigenvalue weighted by Gasteiger charge is 2.27. The van der Waals surface area contributed by atoms with Gasteiger partial charge >= 0.3 is 10.1 Å². The maximum absolute atomic E-state index is 12.1. The van der Waals surface area contributed by atoms with E-state index < -0.39 is 25.6 Å². The smallest absolute Gasteiger partial charge is 0.346 e. The molecule has 0 radical (unpaired) electrons. The first-order valence-electron chi connectivity index (χ1n) is 5.62. The number of nitriles is 1. The van der Waals surface area contributed by atoms with Crippen molar-refractivity contribution in [1.29, 1.82) is 5.26 Å². The van der Waals surface area contributed by atoms with E-state index in [1.54, 1.807) is 0 Å². The quantitative estimate of drug-likeness (QED) is 0.486. The molecule has 0 aliphatic carbocycles. The van der Waals surface area contributed by atoms with Crippen molar-refractivity contribution in [1.82, 2.24) is 0 Å². The predicted molar refractivity (Wildman–Crippen MR) is 72.1 cm³/mol. The number of hydrogen-bond acceptors (Lipinski definition) is 6. The topological polar surface area (TPSA) is 110 Å². The SMILES string of the molecule is N#Cc1cccc(OS(=O)(=O)c2ccccc2[N+](=O)[O-])c1. The highest BCUT2D eigenvalue weighted by atomic mass is 32.2. The Morgan fingerprint density at radius 2 is 1.86 bits per heavy atom. The molecule has 0 heterocycles. The summed E-state index contributed by atoms with van der Waals surface area (Å²) in [4.78, 5) is 9.52. The maximum Gasteiger partial charge on any atom is 0.346 e. The van der Waals surface area contributed by atoms with E-state index in [0.717, 1.165) is 12.1 Å². The van der Waals surface area contributed by atoms with Gasteiger partial charge in [-0.15, -0.1) is 0 Å². The predicted octanol–water partition coefficient (Wildman–Crippen LogP) is 2.23. The number of benzene rings is 2. The van der Waals surface area contributed by atoms with Gasteiger partial charge in [0.05, 0.1) is 16.6 Å². The van der Waals surface area contributed by atoms with Gasteiger partial charge in [0.2, 0.25) is 0 Å².